The van der Waals surface area contributed by atoms with Gasteiger partial charge in [0.2, 0.25) is 15.9 Å². The molecule has 1 fully saturated rings. The second kappa shape index (κ2) is 8.47. The van der Waals surface area contributed by atoms with E-state index >= 15 is 0 Å². The summed E-state index contributed by atoms with van der Waals surface area (Å²) in [6.45, 7) is 8.92. The maximum Gasteiger partial charge on any atom is 0.321 e. The second-order valence-corrected chi connectivity index (χ2v) is 10.0. The third-order valence-corrected chi connectivity index (χ3v) is 7.10. The van der Waals surface area contributed by atoms with Gasteiger partial charge in [-0.2, -0.15) is 4.31 Å². The number of carbonyl (C=O) groups is 2. The first-order chi connectivity index (χ1) is 12.1. The molecule has 0 saturated carbocycles. The van der Waals surface area contributed by atoms with E-state index in [0.29, 0.717) is 31.1 Å². The van der Waals surface area contributed by atoms with E-state index in [1.807, 2.05) is 18.7 Å². The quantitative estimate of drug-likeness (QED) is 0.763. The van der Waals surface area contributed by atoms with Crippen LogP contribution in [0.25, 0.3) is 0 Å². The van der Waals surface area contributed by atoms with Gasteiger partial charge in [0.25, 0.3) is 0 Å². The van der Waals surface area contributed by atoms with Crippen LogP contribution < -0.4 is 10.6 Å². The monoisotopic (exact) mass is 402 g/mol. The molecular formula is C16H26N4O4S2. The molecule has 2 rings (SSSR count). The van der Waals surface area contributed by atoms with E-state index in [2.05, 4.69) is 10.6 Å². The molecule has 1 aromatic heterocycles. The number of hydrogen-bond donors (Lipinski definition) is 2. The number of carbonyl (C=O) groups excluding carboxylic acids is 2. The lowest BCUT2D eigenvalue weighted by Gasteiger charge is -2.33. The summed E-state index contributed by atoms with van der Waals surface area (Å²) < 4.78 is 27.0. The highest BCUT2D eigenvalue weighted by Crippen LogP contribution is 2.28. The van der Waals surface area contributed by atoms with Crippen LogP contribution in [-0.2, 0) is 14.8 Å². The molecule has 0 radical (unpaired) electrons. The van der Waals surface area contributed by atoms with Crippen molar-refractivity contribution < 1.29 is 18.0 Å². The Morgan fingerprint density at radius 1 is 1.19 bits per heavy atom. The smallest absolute Gasteiger partial charge is 0.321 e. The average Bonchev–Trinajstić information content (AvgIpc) is 2.86. The predicted octanol–water partition coefficient (Wildman–Crippen LogP) is 0.905. The zero-order chi connectivity index (χ0) is 19.5. The van der Waals surface area contributed by atoms with E-state index < -0.39 is 22.0 Å². The number of nitrogens with zero attached hydrogens (tertiary/aromatic N) is 2. The summed E-state index contributed by atoms with van der Waals surface area (Å²) >= 11 is 1.47. The van der Waals surface area contributed by atoms with E-state index in [9.17, 15) is 18.0 Å². The van der Waals surface area contributed by atoms with E-state index in [1.165, 1.54) is 15.6 Å². The third kappa shape index (κ3) is 5.26. The van der Waals surface area contributed by atoms with Crippen molar-refractivity contribution in [2.75, 3.05) is 32.7 Å². The summed E-state index contributed by atoms with van der Waals surface area (Å²) in [7, 11) is -3.50. The van der Waals surface area contributed by atoms with Crippen LogP contribution in [0.2, 0.25) is 0 Å². The lowest BCUT2D eigenvalue weighted by molar-refractivity contribution is -0.121. The maximum atomic E-state index is 12.8. The number of aryl methyl sites for hydroxylation is 2. The van der Waals surface area contributed by atoms with Crippen molar-refractivity contribution in [2.45, 2.75) is 38.6 Å². The SMILES string of the molecule is Cc1cc(S(=O)(=O)N2CCN(CC(=O)NC(=O)NC(C)C)CC2)c(C)s1. The van der Waals surface area contributed by atoms with Crippen LogP contribution in [0.15, 0.2) is 11.0 Å². The van der Waals surface area contributed by atoms with Crippen molar-refractivity contribution in [3.63, 3.8) is 0 Å². The Hall–Kier alpha value is -1.49. The summed E-state index contributed by atoms with van der Waals surface area (Å²) in [4.78, 5) is 27.4. The Morgan fingerprint density at radius 2 is 1.81 bits per heavy atom. The van der Waals surface area contributed by atoms with Gasteiger partial charge in [-0.25, -0.2) is 13.2 Å². The number of nitrogens with one attached hydrogen (secondary N) is 2. The fourth-order valence-electron chi connectivity index (χ4n) is 2.80. The summed E-state index contributed by atoms with van der Waals surface area (Å²) in [6, 6.07) is 1.14. The number of piperazine rings is 1. The maximum absolute atomic E-state index is 12.8. The van der Waals surface area contributed by atoms with Crippen LogP contribution in [0.5, 0.6) is 0 Å². The van der Waals surface area contributed by atoms with Gasteiger partial charge >= 0.3 is 6.03 Å². The van der Waals surface area contributed by atoms with Crippen LogP contribution in [0.1, 0.15) is 23.6 Å². The van der Waals surface area contributed by atoms with E-state index in [1.54, 1.807) is 19.9 Å². The van der Waals surface area contributed by atoms with Gasteiger partial charge in [-0.1, -0.05) is 0 Å². The number of rotatable bonds is 5. The lowest BCUT2D eigenvalue weighted by atomic mass is 10.3. The molecule has 8 nitrogen and oxygen atoms in total. The fourth-order valence-corrected chi connectivity index (χ4v) is 5.74. The zero-order valence-electron chi connectivity index (χ0n) is 15.5. The molecule has 0 unspecified atom stereocenters. The van der Waals surface area contributed by atoms with Crippen molar-refractivity contribution in [3.05, 3.63) is 15.8 Å². The van der Waals surface area contributed by atoms with Crippen molar-refractivity contribution in [3.8, 4) is 0 Å². The highest BCUT2D eigenvalue weighted by molar-refractivity contribution is 7.89. The van der Waals surface area contributed by atoms with Crippen molar-refractivity contribution >= 4 is 33.3 Å². The number of urea groups is 1. The van der Waals surface area contributed by atoms with Gasteiger partial charge in [-0.15, -0.1) is 11.3 Å². The molecule has 0 spiro atoms. The predicted molar refractivity (Wildman–Crippen MR) is 101 cm³/mol. The highest BCUT2D eigenvalue weighted by atomic mass is 32.2. The molecule has 1 aliphatic heterocycles. The molecule has 146 valence electrons. The van der Waals surface area contributed by atoms with Gasteiger partial charge in [0.1, 0.15) is 0 Å². The minimum Gasteiger partial charge on any atom is -0.336 e. The van der Waals surface area contributed by atoms with Crippen molar-refractivity contribution in [2.24, 2.45) is 0 Å². The Kier molecular flexibility index (Phi) is 6.78. The van der Waals surface area contributed by atoms with Crippen LogP contribution >= 0.6 is 11.3 Å². The van der Waals surface area contributed by atoms with E-state index in [-0.39, 0.29) is 12.6 Å². The molecule has 2 N–H and O–H groups in total. The van der Waals surface area contributed by atoms with Crippen molar-refractivity contribution in [1.29, 1.82) is 0 Å². The first-order valence-corrected chi connectivity index (χ1v) is 10.7. The van der Waals surface area contributed by atoms with Gasteiger partial charge in [-0.3, -0.25) is 15.0 Å². The lowest BCUT2D eigenvalue weighted by Crippen LogP contribution is -2.52. The average molecular weight is 403 g/mol. The highest BCUT2D eigenvalue weighted by Gasteiger charge is 2.31. The standard InChI is InChI=1S/C16H26N4O4S2/c1-11(2)17-16(22)18-15(21)10-19-5-7-20(8-6-19)26(23,24)14-9-12(3)25-13(14)4/h9,11H,5-8,10H2,1-4H3,(H2,17,18,21,22). The summed E-state index contributed by atoms with van der Waals surface area (Å²) in [6.07, 6.45) is 0. The Bertz CT molecular complexity index is 765. The third-order valence-electron chi connectivity index (χ3n) is 3.98. The molecule has 0 aliphatic carbocycles. The van der Waals surface area contributed by atoms with E-state index in [0.717, 1.165) is 9.75 Å². The van der Waals surface area contributed by atoms with Gasteiger partial charge in [0.15, 0.2) is 0 Å². The van der Waals surface area contributed by atoms with Crippen LogP contribution in [0.4, 0.5) is 4.79 Å². The Morgan fingerprint density at radius 3 is 2.31 bits per heavy atom. The van der Waals surface area contributed by atoms with Gasteiger partial charge in [0.05, 0.1) is 11.4 Å². The number of amides is 3. The molecule has 0 aromatic carbocycles. The second-order valence-electron chi connectivity index (χ2n) is 6.63. The normalized spacial score (nSPS) is 16.7. The molecule has 1 aromatic rings. The molecule has 3 amide bonds. The molecule has 0 bridgehead atoms. The molecule has 10 heteroatoms. The molecule has 1 aliphatic rings. The first-order valence-electron chi connectivity index (χ1n) is 8.49. The summed E-state index contributed by atoms with van der Waals surface area (Å²) in [5, 5.41) is 4.86. The van der Waals surface area contributed by atoms with Crippen LogP contribution in [0.3, 0.4) is 0 Å². The Labute approximate surface area is 158 Å². The summed E-state index contributed by atoms with van der Waals surface area (Å²) in [5.74, 6) is -0.399. The number of hydrogen-bond acceptors (Lipinski definition) is 6. The molecular weight excluding hydrogens is 376 g/mol. The Balaban J connectivity index is 1.88. The van der Waals surface area contributed by atoms with Gasteiger partial charge in [-0.05, 0) is 33.8 Å². The van der Waals surface area contributed by atoms with Crippen LogP contribution in [0, 0.1) is 13.8 Å². The number of thiophene rings is 1. The first kappa shape index (κ1) is 20.8. The minimum atomic E-state index is -3.50. The zero-order valence-corrected chi connectivity index (χ0v) is 17.2. The minimum absolute atomic E-state index is 0.0549. The molecule has 2 heterocycles. The largest absolute Gasteiger partial charge is 0.336 e. The van der Waals surface area contributed by atoms with Gasteiger partial charge < -0.3 is 5.32 Å². The van der Waals surface area contributed by atoms with Gasteiger partial charge in [0, 0.05) is 42.0 Å². The number of sulfonamides is 1. The topological polar surface area (TPSA) is 98.8 Å². The molecule has 26 heavy (non-hydrogen) atoms. The summed E-state index contributed by atoms with van der Waals surface area (Å²) in [5.41, 5.74) is 0. The molecule has 0 atom stereocenters. The number of imide groups is 1. The van der Waals surface area contributed by atoms with Crippen LogP contribution in [-0.4, -0.2) is 68.3 Å². The van der Waals surface area contributed by atoms with Crippen molar-refractivity contribution in [1.82, 2.24) is 19.8 Å². The van der Waals surface area contributed by atoms with E-state index in [4.69, 9.17) is 0 Å². The fraction of sp³-hybridized carbons (Fsp3) is 0.625. The molecule has 1 saturated heterocycles.